The van der Waals surface area contributed by atoms with Gasteiger partial charge in [-0.15, -0.1) is 12.4 Å². The van der Waals surface area contributed by atoms with Crippen molar-refractivity contribution in [1.29, 1.82) is 0 Å². The van der Waals surface area contributed by atoms with E-state index in [1.807, 2.05) is 24.3 Å². The number of carbonyl (C=O) groups excluding carboxylic acids is 1. The molecule has 0 aliphatic carbocycles. The molecule has 0 atom stereocenters. The van der Waals surface area contributed by atoms with Crippen LogP contribution < -0.4 is 15.8 Å². The molecular formula is C17H27ClN2O3. The first-order valence-corrected chi connectivity index (χ1v) is 7.98. The van der Waals surface area contributed by atoms with E-state index in [-0.39, 0.29) is 18.3 Å². The van der Waals surface area contributed by atoms with Crippen molar-refractivity contribution in [3.8, 4) is 5.75 Å². The molecular weight excluding hydrogens is 316 g/mol. The van der Waals surface area contributed by atoms with Crippen molar-refractivity contribution in [3.05, 3.63) is 29.8 Å². The van der Waals surface area contributed by atoms with Gasteiger partial charge in [-0.05, 0) is 37.0 Å². The summed E-state index contributed by atoms with van der Waals surface area (Å²) in [5.74, 6) is 0.893. The Balaban J connectivity index is 0.00000264. The lowest BCUT2D eigenvalue weighted by Gasteiger charge is -2.34. The van der Waals surface area contributed by atoms with Gasteiger partial charge in [0, 0.05) is 26.3 Å². The zero-order valence-corrected chi connectivity index (χ0v) is 14.5. The summed E-state index contributed by atoms with van der Waals surface area (Å²) in [5, 5.41) is 3.01. The molecule has 0 aromatic heterocycles. The van der Waals surface area contributed by atoms with Crippen molar-refractivity contribution in [2.75, 3.05) is 26.4 Å². The van der Waals surface area contributed by atoms with Gasteiger partial charge in [0.25, 0.3) is 0 Å². The summed E-state index contributed by atoms with van der Waals surface area (Å²) in [6, 6.07) is 7.82. The van der Waals surface area contributed by atoms with E-state index >= 15 is 0 Å². The minimum atomic E-state index is -0.470. The van der Waals surface area contributed by atoms with Crippen molar-refractivity contribution < 1.29 is 14.3 Å². The third-order valence-electron chi connectivity index (χ3n) is 4.17. The van der Waals surface area contributed by atoms with Crippen LogP contribution in [0.2, 0.25) is 0 Å². The number of hydrogen-bond acceptors (Lipinski definition) is 4. The minimum Gasteiger partial charge on any atom is -0.494 e. The summed E-state index contributed by atoms with van der Waals surface area (Å²) < 4.78 is 10.9. The number of nitrogens with two attached hydrogens (primary N) is 1. The Hall–Kier alpha value is -1.30. The quantitative estimate of drug-likeness (QED) is 0.797. The van der Waals surface area contributed by atoms with Gasteiger partial charge in [-0.3, -0.25) is 4.79 Å². The van der Waals surface area contributed by atoms with Crippen LogP contribution in [0.1, 0.15) is 31.7 Å². The van der Waals surface area contributed by atoms with Gasteiger partial charge in [-0.2, -0.15) is 0 Å². The van der Waals surface area contributed by atoms with Crippen LogP contribution in [0, 0.1) is 5.41 Å². The van der Waals surface area contributed by atoms with Crippen LogP contribution in [-0.4, -0.2) is 32.3 Å². The molecule has 0 radical (unpaired) electrons. The standard InChI is InChI=1S/C17H26N2O3.ClH/c1-2-9-22-15-5-3-14(4-6-15)12-19-16(20)17(13-18)7-10-21-11-8-17;/h3-6H,2,7-13,18H2,1H3,(H,19,20);1H. The monoisotopic (exact) mass is 342 g/mol. The molecule has 1 fully saturated rings. The second-order valence-electron chi connectivity index (χ2n) is 5.77. The summed E-state index contributed by atoms with van der Waals surface area (Å²) in [6.07, 6.45) is 2.38. The Morgan fingerprint density at radius 1 is 1.30 bits per heavy atom. The number of halogens is 1. The molecule has 1 amide bonds. The molecule has 6 heteroatoms. The summed E-state index contributed by atoms with van der Waals surface area (Å²) in [6.45, 7) is 4.88. The fourth-order valence-corrected chi connectivity index (χ4v) is 2.58. The molecule has 5 nitrogen and oxygen atoms in total. The fraction of sp³-hybridized carbons (Fsp3) is 0.588. The van der Waals surface area contributed by atoms with Crippen LogP contribution in [-0.2, 0) is 16.1 Å². The summed E-state index contributed by atoms with van der Waals surface area (Å²) in [5.41, 5.74) is 6.42. The van der Waals surface area contributed by atoms with E-state index in [1.165, 1.54) is 0 Å². The molecule has 0 spiro atoms. The first kappa shape index (κ1) is 19.7. The molecule has 2 rings (SSSR count). The van der Waals surface area contributed by atoms with Crippen molar-refractivity contribution in [3.63, 3.8) is 0 Å². The maximum atomic E-state index is 12.5. The highest BCUT2D eigenvalue weighted by molar-refractivity contribution is 5.85. The van der Waals surface area contributed by atoms with Gasteiger partial charge >= 0.3 is 0 Å². The van der Waals surface area contributed by atoms with Gasteiger partial charge in [0.1, 0.15) is 5.75 Å². The second kappa shape index (κ2) is 9.75. The number of hydrogen-bond donors (Lipinski definition) is 2. The van der Waals surface area contributed by atoms with Crippen LogP contribution >= 0.6 is 12.4 Å². The summed E-state index contributed by atoms with van der Waals surface area (Å²) >= 11 is 0. The number of amides is 1. The molecule has 0 bridgehead atoms. The van der Waals surface area contributed by atoms with E-state index in [4.69, 9.17) is 15.2 Å². The topological polar surface area (TPSA) is 73.6 Å². The maximum absolute atomic E-state index is 12.5. The molecule has 23 heavy (non-hydrogen) atoms. The maximum Gasteiger partial charge on any atom is 0.227 e. The first-order chi connectivity index (χ1) is 10.7. The van der Waals surface area contributed by atoms with E-state index in [2.05, 4.69) is 12.2 Å². The molecule has 0 saturated carbocycles. The molecule has 1 aromatic carbocycles. The highest BCUT2D eigenvalue weighted by Gasteiger charge is 2.38. The lowest BCUT2D eigenvalue weighted by Crippen LogP contribution is -2.48. The van der Waals surface area contributed by atoms with E-state index in [0.717, 1.165) is 24.3 Å². The predicted octanol–water partition coefficient (Wildman–Crippen LogP) is 2.27. The number of nitrogens with one attached hydrogen (secondary N) is 1. The third-order valence-corrected chi connectivity index (χ3v) is 4.17. The molecule has 130 valence electrons. The van der Waals surface area contributed by atoms with Crippen LogP contribution in [0.15, 0.2) is 24.3 Å². The van der Waals surface area contributed by atoms with Crippen molar-refractivity contribution in [1.82, 2.24) is 5.32 Å². The molecule has 1 aromatic rings. The van der Waals surface area contributed by atoms with Crippen LogP contribution in [0.5, 0.6) is 5.75 Å². The largest absolute Gasteiger partial charge is 0.494 e. The molecule has 1 heterocycles. The lowest BCUT2D eigenvalue weighted by atomic mass is 9.79. The Kier molecular flexibility index (Phi) is 8.37. The molecule has 1 aliphatic heterocycles. The number of carbonyl (C=O) groups is 1. The minimum absolute atomic E-state index is 0. The average molecular weight is 343 g/mol. The first-order valence-electron chi connectivity index (χ1n) is 7.98. The molecule has 1 saturated heterocycles. The van der Waals surface area contributed by atoms with Crippen LogP contribution in [0.25, 0.3) is 0 Å². The zero-order chi connectivity index (χ0) is 15.8. The average Bonchev–Trinajstić information content (AvgIpc) is 2.59. The van der Waals surface area contributed by atoms with Gasteiger partial charge in [0.2, 0.25) is 5.91 Å². The third kappa shape index (κ3) is 5.37. The highest BCUT2D eigenvalue weighted by Crippen LogP contribution is 2.29. The van der Waals surface area contributed by atoms with Gasteiger partial charge in [-0.1, -0.05) is 19.1 Å². The van der Waals surface area contributed by atoms with Crippen LogP contribution in [0.4, 0.5) is 0 Å². The predicted molar refractivity (Wildman–Crippen MR) is 92.9 cm³/mol. The molecule has 1 aliphatic rings. The lowest BCUT2D eigenvalue weighted by molar-refractivity contribution is -0.136. The smallest absolute Gasteiger partial charge is 0.227 e. The molecule has 0 unspecified atom stereocenters. The summed E-state index contributed by atoms with van der Waals surface area (Å²) in [4.78, 5) is 12.5. The SMILES string of the molecule is CCCOc1ccc(CNC(=O)C2(CN)CCOCC2)cc1.Cl. The van der Waals surface area contributed by atoms with Crippen LogP contribution in [0.3, 0.4) is 0 Å². The number of rotatable bonds is 7. The zero-order valence-electron chi connectivity index (χ0n) is 13.7. The van der Waals surface area contributed by atoms with Gasteiger partial charge in [-0.25, -0.2) is 0 Å². The Morgan fingerprint density at radius 2 is 1.96 bits per heavy atom. The van der Waals surface area contributed by atoms with Crippen molar-refractivity contribution >= 4 is 18.3 Å². The van der Waals surface area contributed by atoms with Crippen molar-refractivity contribution in [2.24, 2.45) is 11.1 Å². The Morgan fingerprint density at radius 3 is 2.52 bits per heavy atom. The van der Waals surface area contributed by atoms with E-state index in [9.17, 15) is 4.79 Å². The number of benzene rings is 1. The highest BCUT2D eigenvalue weighted by atomic mass is 35.5. The van der Waals surface area contributed by atoms with Gasteiger partial charge in [0.05, 0.1) is 12.0 Å². The number of ether oxygens (including phenoxy) is 2. The van der Waals surface area contributed by atoms with Gasteiger partial charge < -0.3 is 20.5 Å². The normalized spacial score (nSPS) is 16.3. The van der Waals surface area contributed by atoms with E-state index in [0.29, 0.717) is 39.1 Å². The van der Waals surface area contributed by atoms with Crippen molar-refractivity contribution in [2.45, 2.75) is 32.7 Å². The molecule has 3 N–H and O–H groups in total. The Bertz CT molecular complexity index is 473. The van der Waals surface area contributed by atoms with E-state index in [1.54, 1.807) is 0 Å². The second-order valence-corrected chi connectivity index (χ2v) is 5.77. The van der Waals surface area contributed by atoms with Gasteiger partial charge in [0.15, 0.2) is 0 Å². The van der Waals surface area contributed by atoms with E-state index < -0.39 is 5.41 Å². The Labute approximate surface area is 144 Å². The summed E-state index contributed by atoms with van der Waals surface area (Å²) in [7, 11) is 0. The fourth-order valence-electron chi connectivity index (χ4n) is 2.58.